The van der Waals surface area contributed by atoms with Gasteiger partial charge in [0, 0.05) is 6.04 Å². The van der Waals surface area contributed by atoms with Gasteiger partial charge in [0.05, 0.1) is 0 Å². The van der Waals surface area contributed by atoms with E-state index in [4.69, 9.17) is 0 Å². The van der Waals surface area contributed by atoms with E-state index >= 15 is 0 Å². The van der Waals surface area contributed by atoms with Gasteiger partial charge in [-0.25, -0.2) is 0 Å². The molecule has 66 valence electrons. The Bertz CT molecular complexity index is 132. The lowest BCUT2D eigenvalue weighted by atomic mass is 9.99. The Labute approximate surface area is 64.0 Å². The third kappa shape index (κ3) is 2.36. The number of rotatable bonds is 0. The van der Waals surface area contributed by atoms with Crippen molar-refractivity contribution in [1.29, 1.82) is 0 Å². The molecule has 0 aliphatic carbocycles. The molecule has 1 aliphatic rings. The van der Waals surface area contributed by atoms with Gasteiger partial charge in [0.2, 0.25) is 0 Å². The predicted molar refractivity (Wildman–Crippen MR) is 36.3 cm³/mol. The first-order valence-electron chi connectivity index (χ1n) is 3.83. The predicted octanol–water partition coefficient (Wildman–Crippen LogP) is 2.08. The standard InChI is InChI=1S/C7H12F3N/c1-5-3-2-4-6(11-5)7(8,9)10/h5-6,11H,2-4H2,1H3/t5-,6-/m1/s1. The molecule has 0 amide bonds. The van der Waals surface area contributed by atoms with Crippen molar-refractivity contribution in [2.24, 2.45) is 0 Å². The highest BCUT2D eigenvalue weighted by Gasteiger charge is 2.41. The highest BCUT2D eigenvalue weighted by atomic mass is 19.4. The molecule has 1 fully saturated rings. The number of nitrogens with one attached hydrogen (secondary N) is 1. The van der Waals surface area contributed by atoms with Crippen LogP contribution in [0.2, 0.25) is 0 Å². The number of alkyl halides is 3. The van der Waals surface area contributed by atoms with Gasteiger partial charge < -0.3 is 5.32 Å². The van der Waals surface area contributed by atoms with E-state index in [1.165, 1.54) is 0 Å². The summed E-state index contributed by atoms with van der Waals surface area (Å²) in [6.07, 6.45) is -2.30. The van der Waals surface area contributed by atoms with Crippen LogP contribution in [0, 0.1) is 0 Å². The van der Waals surface area contributed by atoms with Crippen LogP contribution in [-0.4, -0.2) is 18.3 Å². The van der Waals surface area contributed by atoms with Crippen LogP contribution in [0.25, 0.3) is 0 Å². The van der Waals surface area contributed by atoms with Gasteiger partial charge in [-0.2, -0.15) is 13.2 Å². The van der Waals surface area contributed by atoms with Crippen LogP contribution in [0.15, 0.2) is 0 Å². The van der Waals surface area contributed by atoms with Crippen LogP contribution in [-0.2, 0) is 0 Å². The van der Waals surface area contributed by atoms with Crippen molar-refractivity contribution in [3.8, 4) is 0 Å². The minimum absolute atomic E-state index is 0.00961. The topological polar surface area (TPSA) is 12.0 Å². The Hall–Kier alpha value is -0.250. The number of halogens is 3. The molecule has 0 aromatic carbocycles. The lowest BCUT2D eigenvalue weighted by molar-refractivity contribution is -0.162. The molecule has 1 N–H and O–H groups in total. The molecule has 1 heterocycles. The van der Waals surface area contributed by atoms with Gasteiger partial charge in [0.25, 0.3) is 0 Å². The largest absolute Gasteiger partial charge is 0.403 e. The minimum Gasteiger partial charge on any atom is -0.304 e. The molecule has 0 radical (unpaired) electrons. The maximum absolute atomic E-state index is 12.1. The summed E-state index contributed by atoms with van der Waals surface area (Å²) in [4.78, 5) is 0. The molecule has 0 spiro atoms. The monoisotopic (exact) mass is 167 g/mol. The van der Waals surface area contributed by atoms with Crippen molar-refractivity contribution in [3.05, 3.63) is 0 Å². The van der Waals surface area contributed by atoms with Gasteiger partial charge in [0.15, 0.2) is 0 Å². The third-order valence-corrected chi connectivity index (χ3v) is 2.01. The summed E-state index contributed by atoms with van der Waals surface area (Å²) in [5.74, 6) is 0. The molecular formula is C7H12F3N. The fourth-order valence-electron chi connectivity index (χ4n) is 1.40. The number of hydrogen-bond donors (Lipinski definition) is 1. The lowest BCUT2D eigenvalue weighted by Crippen LogP contribution is -2.49. The molecule has 0 aromatic rings. The normalized spacial score (nSPS) is 33.8. The van der Waals surface area contributed by atoms with Gasteiger partial charge in [-0.1, -0.05) is 6.42 Å². The van der Waals surface area contributed by atoms with Crippen LogP contribution in [0.3, 0.4) is 0 Å². The summed E-state index contributed by atoms with van der Waals surface area (Å²) in [5.41, 5.74) is 0. The first-order valence-corrected chi connectivity index (χ1v) is 3.83. The maximum atomic E-state index is 12.1. The van der Waals surface area contributed by atoms with Crippen LogP contribution >= 0.6 is 0 Å². The van der Waals surface area contributed by atoms with E-state index in [2.05, 4.69) is 5.32 Å². The first-order chi connectivity index (χ1) is 5.00. The lowest BCUT2D eigenvalue weighted by Gasteiger charge is -2.30. The Balaban J connectivity index is 2.46. The van der Waals surface area contributed by atoms with Gasteiger partial charge in [-0.15, -0.1) is 0 Å². The molecule has 0 saturated carbocycles. The van der Waals surface area contributed by atoms with Crippen molar-refractivity contribution in [1.82, 2.24) is 5.32 Å². The highest BCUT2D eigenvalue weighted by Crippen LogP contribution is 2.27. The molecule has 11 heavy (non-hydrogen) atoms. The molecule has 0 aromatic heterocycles. The van der Waals surface area contributed by atoms with Crippen LogP contribution in [0.4, 0.5) is 13.2 Å². The molecule has 1 nitrogen and oxygen atoms in total. The number of piperidine rings is 1. The van der Waals surface area contributed by atoms with Crippen LogP contribution in [0.5, 0.6) is 0 Å². The summed E-state index contributed by atoms with van der Waals surface area (Å²) < 4.78 is 36.2. The molecule has 1 rings (SSSR count). The van der Waals surface area contributed by atoms with Crippen molar-refractivity contribution in [2.75, 3.05) is 0 Å². The Morgan fingerprint density at radius 3 is 2.27 bits per heavy atom. The molecule has 1 aliphatic heterocycles. The summed E-state index contributed by atoms with van der Waals surface area (Å²) in [5, 5.41) is 2.53. The van der Waals surface area contributed by atoms with E-state index in [1.54, 1.807) is 6.92 Å². The minimum atomic E-state index is -4.06. The van der Waals surface area contributed by atoms with E-state index in [0.29, 0.717) is 6.42 Å². The summed E-state index contributed by atoms with van der Waals surface area (Å²) >= 11 is 0. The van der Waals surface area contributed by atoms with Crippen molar-refractivity contribution < 1.29 is 13.2 Å². The highest BCUT2D eigenvalue weighted by molar-refractivity contribution is 4.82. The van der Waals surface area contributed by atoms with Crippen molar-refractivity contribution >= 4 is 0 Å². The molecule has 0 bridgehead atoms. The molecule has 0 unspecified atom stereocenters. The van der Waals surface area contributed by atoms with E-state index in [1.807, 2.05) is 0 Å². The fraction of sp³-hybridized carbons (Fsp3) is 1.00. The van der Waals surface area contributed by atoms with E-state index in [0.717, 1.165) is 6.42 Å². The van der Waals surface area contributed by atoms with E-state index in [9.17, 15) is 13.2 Å². The van der Waals surface area contributed by atoms with Gasteiger partial charge in [-0.3, -0.25) is 0 Å². The van der Waals surface area contributed by atoms with Gasteiger partial charge in [0.1, 0.15) is 6.04 Å². The van der Waals surface area contributed by atoms with E-state index < -0.39 is 12.2 Å². The molecule has 1 saturated heterocycles. The quantitative estimate of drug-likeness (QED) is 0.582. The number of hydrogen-bond acceptors (Lipinski definition) is 1. The second-order valence-electron chi connectivity index (χ2n) is 3.09. The average Bonchev–Trinajstić information content (AvgIpc) is 1.86. The summed E-state index contributed by atoms with van der Waals surface area (Å²) in [6.45, 7) is 1.79. The average molecular weight is 167 g/mol. The second kappa shape index (κ2) is 3.01. The molecule has 2 atom stereocenters. The fourth-order valence-corrected chi connectivity index (χ4v) is 1.40. The first kappa shape index (κ1) is 8.84. The zero-order valence-electron chi connectivity index (χ0n) is 6.41. The van der Waals surface area contributed by atoms with Gasteiger partial charge >= 0.3 is 6.18 Å². The summed E-state index contributed by atoms with van der Waals surface area (Å²) in [6, 6.07) is -1.26. The van der Waals surface area contributed by atoms with E-state index in [-0.39, 0.29) is 12.5 Å². The molecular weight excluding hydrogens is 155 g/mol. The van der Waals surface area contributed by atoms with Crippen LogP contribution in [0.1, 0.15) is 26.2 Å². The Morgan fingerprint density at radius 1 is 1.27 bits per heavy atom. The second-order valence-corrected chi connectivity index (χ2v) is 3.09. The van der Waals surface area contributed by atoms with Gasteiger partial charge in [-0.05, 0) is 19.8 Å². The Morgan fingerprint density at radius 2 is 1.91 bits per heavy atom. The summed E-state index contributed by atoms with van der Waals surface area (Å²) in [7, 11) is 0. The van der Waals surface area contributed by atoms with Crippen LogP contribution < -0.4 is 5.32 Å². The Kier molecular flexibility index (Phi) is 2.42. The smallest absolute Gasteiger partial charge is 0.304 e. The zero-order chi connectivity index (χ0) is 8.48. The zero-order valence-corrected chi connectivity index (χ0v) is 6.41. The molecule has 4 heteroatoms. The third-order valence-electron chi connectivity index (χ3n) is 2.01. The van der Waals surface area contributed by atoms with Crippen molar-refractivity contribution in [3.63, 3.8) is 0 Å². The van der Waals surface area contributed by atoms with Crippen molar-refractivity contribution in [2.45, 2.75) is 44.4 Å². The SMILES string of the molecule is C[C@@H]1CCC[C@H](C(F)(F)F)N1. The maximum Gasteiger partial charge on any atom is 0.403 e.